The summed E-state index contributed by atoms with van der Waals surface area (Å²) in [5, 5.41) is 9.83. The van der Waals surface area contributed by atoms with Crippen molar-refractivity contribution in [2.75, 3.05) is 0 Å². The number of carboxylic acid groups (broad SMARTS) is 1. The Bertz CT molecular complexity index is 657. The van der Waals surface area contributed by atoms with Crippen LogP contribution in [-0.2, 0) is 10.2 Å². The summed E-state index contributed by atoms with van der Waals surface area (Å²) in [5.41, 5.74) is 4.29. The maximum Gasteiger partial charge on any atom is 0.328 e. The third-order valence-corrected chi connectivity index (χ3v) is 3.29. The van der Waals surface area contributed by atoms with Crippen LogP contribution < -0.4 is 0 Å². The van der Waals surface area contributed by atoms with E-state index in [9.17, 15) is 4.79 Å². The van der Waals surface area contributed by atoms with E-state index in [1.807, 2.05) is 6.92 Å². The molecule has 1 aromatic heterocycles. The van der Waals surface area contributed by atoms with Gasteiger partial charge in [0.1, 0.15) is 0 Å². The lowest BCUT2D eigenvalue weighted by atomic mass is 9.86. The third kappa shape index (κ3) is 2.70. The minimum atomic E-state index is -0.930. The van der Waals surface area contributed by atoms with Crippen LogP contribution in [0.2, 0.25) is 0 Å². The van der Waals surface area contributed by atoms with E-state index in [-0.39, 0.29) is 5.41 Å². The fourth-order valence-corrected chi connectivity index (χ4v) is 2.18. The molecule has 3 nitrogen and oxygen atoms in total. The highest BCUT2D eigenvalue weighted by Gasteiger charge is 2.15. The monoisotopic (exact) mass is 257 g/mol. The predicted octanol–water partition coefficient (Wildman–Crippen LogP) is 3.87. The normalized spacial score (nSPS) is 12.4. The summed E-state index contributed by atoms with van der Waals surface area (Å²) in [4.78, 5) is 14.0. The fraction of sp³-hybridized carbons (Fsp3) is 0.312. The number of H-pyrrole nitrogens is 1. The molecule has 0 amide bonds. The molecular weight excluding hydrogens is 238 g/mol. The van der Waals surface area contributed by atoms with Crippen molar-refractivity contribution in [3.63, 3.8) is 0 Å². The van der Waals surface area contributed by atoms with Crippen LogP contribution in [0.15, 0.2) is 24.3 Å². The molecule has 2 aromatic rings. The van der Waals surface area contributed by atoms with Crippen LogP contribution >= 0.6 is 0 Å². The summed E-state index contributed by atoms with van der Waals surface area (Å²) in [6.45, 7) is 8.46. The first-order chi connectivity index (χ1) is 8.79. The second-order valence-electron chi connectivity index (χ2n) is 5.85. The van der Waals surface area contributed by atoms with Crippen molar-refractivity contribution in [2.45, 2.75) is 33.1 Å². The maximum atomic E-state index is 10.7. The topological polar surface area (TPSA) is 53.1 Å². The predicted molar refractivity (Wildman–Crippen MR) is 78.4 cm³/mol. The Labute approximate surface area is 113 Å². The van der Waals surface area contributed by atoms with Crippen molar-refractivity contribution in [3.8, 4) is 0 Å². The fourth-order valence-electron chi connectivity index (χ4n) is 2.18. The number of carboxylic acids is 1. The number of benzene rings is 1. The number of rotatable bonds is 2. The summed E-state index contributed by atoms with van der Waals surface area (Å²) < 4.78 is 0. The molecule has 2 N–H and O–H groups in total. The van der Waals surface area contributed by atoms with Gasteiger partial charge in [-0.15, -0.1) is 0 Å². The zero-order valence-corrected chi connectivity index (χ0v) is 11.7. The summed E-state index contributed by atoms with van der Waals surface area (Å²) in [7, 11) is 0. The van der Waals surface area contributed by atoms with Crippen LogP contribution in [0.3, 0.4) is 0 Å². The van der Waals surface area contributed by atoms with Crippen molar-refractivity contribution in [1.82, 2.24) is 4.98 Å². The van der Waals surface area contributed by atoms with Crippen molar-refractivity contribution in [1.29, 1.82) is 0 Å². The van der Waals surface area contributed by atoms with E-state index in [0.29, 0.717) is 0 Å². The Balaban J connectivity index is 2.63. The smallest absolute Gasteiger partial charge is 0.328 e. The van der Waals surface area contributed by atoms with E-state index in [2.05, 4.69) is 44.0 Å². The zero-order chi connectivity index (χ0) is 14.2. The largest absolute Gasteiger partial charge is 0.478 e. The van der Waals surface area contributed by atoms with E-state index in [0.717, 1.165) is 22.2 Å². The average Bonchev–Trinajstić information content (AvgIpc) is 2.59. The molecule has 0 spiro atoms. The molecule has 3 heteroatoms. The molecule has 0 aliphatic carbocycles. The summed E-state index contributed by atoms with van der Waals surface area (Å²) >= 11 is 0. The summed E-state index contributed by atoms with van der Waals surface area (Å²) in [5.74, 6) is -0.930. The van der Waals surface area contributed by atoms with Gasteiger partial charge in [0.15, 0.2) is 0 Å². The average molecular weight is 257 g/mol. The number of carbonyl (C=O) groups is 1. The summed E-state index contributed by atoms with van der Waals surface area (Å²) in [6, 6.07) is 6.31. The molecule has 0 aliphatic heterocycles. The highest BCUT2D eigenvalue weighted by Crippen LogP contribution is 2.29. The van der Waals surface area contributed by atoms with Gasteiger partial charge in [-0.1, -0.05) is 26.8 Å². The maximum absolute atomic E-state index is 10.7. The lowest BCUT2D eigenvalue weighted by Crippen LogP contribution is -2.10. The Morgan fingerprint density at radius 3 is 2.58 bits per heavy atom. The molecule has 19 heavy (non-hydrogen) atoms. The minimum absolute atomic E-state index is 0.0765. The molecule has 0 radical (unpaired) electrons. The van der Waals surface area contributed by atoms with Gasteiger partial charge in [-0.05, 0) is 36.1 Å². The van der Waals surface area contributed by atoms with Gasteiger partial charge in [0.2, 0.25) is 0 Å². The van der Waals surface area contributed by atoms with Crippen LogP contribution in [0.5, 0.6) is 0 Å². The molecule has 0 fully saturated rings. The van der Waals surface area contributed by atoms with E-state index in [1.165, 1.54) is 11.6 Å². The molecule has 2 rings (SSSR count). The van der Waals surface area contributed by atoms with E-state index >= 15 is 0 Å². The van der Waals surface area contributed by atoms with Crippen LogP contribution in [0.4, 0.5) is 0 Å². The number of fused-ring (bicyclic) bond motifs is 1. The third-order valence-electron chi connectivity index (χ3n) is 3.29. The Morgan fingerprint density at radius 2 is 2.00 bits per heavy atom. The van der Waals surface area contributed by atoms with E-state index in [1.54, 1.807) is 6.08 Å². The van der Waals surface area contributed by atoms with Gasteiger partial charge < -0.3 is 10.1 Å². The number of aryl methyl sites for hydroxylation is 1. The molecule has 0 bridgehead atoms. The van der Waals surface area contributed by atoms with Gasteiger partial charge in [0, 0.05) is 28.2 Å². The lowest BCUT2D eigenvalue weighted by molar-refractivity contribution is -0.131. The molecule has 0 saturated heterocycles. The Morgan fingerprint density at radius 1 is 1.32 bits per heavy atom. The van der Waals surface area contributed by atoms with Crippen molar-refractivity contribution < 1.29 is 9.90 Å². The van der Waals surface area contributed by atoms with Crippen LogP contribution in [0, 0.1) is 6.92 Å². The van der Waals surface area contributed by atoms with Crippen LogP contribution in [-0.4, -0.2) is 16.1 Å². The Kier molecular flexibility index (Phi) is 3.23. The molecule has 0 unspecified atom stereocenters. The number of hydrogen-bond donors (Lipinski definition) is 2. The first-order valence-corrected chi connectivity index (χ1v) is 6.33. The van der Waals surface area contributed by atoms with Crippen molar-refractivity contribution >= 4 is 22.9 Å². The molecule has 0 aliphatic rings. The van der Waals surface area contributed by atoms with Crippen LogP contribution in [0.25, 0.3) is 17.0 Å². The molecule has 100 valence electrons. The highest BCUT2D eigenvalue weighted by molar-refractivity contribution is 5.95. The van der Waals surface area contributed by atoms with E-state index < -0.39 is 5.97 Å². The number of nitrogens with one attached hydrogen (secondary N) is 1. The first kappa shape index (κ1) is 13.4. The molecular formula is C16H19NO2. The van der Waals surface area contributed by atoms with Gasteiger partial charge in [0.05, 0.1) is 0 Å². The standard InChI is InChI=1S/C16H19NO2/c1-10-12(6-8-15(18)19)13-9-11(16(2,3)4)5-7-14(13)17-10/h5-9,17H,1-4H3,(H,18,19)/b8-6+. The number of aliphatic carboxylic acids is 1. The molecule has 1 aromatic carbocycles. The lowest BCUT2D eigenvalue weighted by Gasteiger charge is -2.19. The minimum Gasteiger partial charge on any atom is -0.478 e. The number of aromatic amines is 1. The van der Waals surface area contributed by atoms with Gasteiger partial charge in [-0.3, -0.25) is 0 Å². The second-order valence-corrected chi connectivity index (χ2v) is 5.85. The van der Waals surface area contributed by atoms with Crippen LogP contribution in [0.1, 0.15) is 37.6 Å². The van der Waals surface area contributed by atoms with Gasteiger partial charge in [-0.2, -0.15) is 0 Å². The highest BCUT2D eigenvalue weighted by atomic mass is 16.4. The van der Waals surface area contributed by atoms with E-state index in [4.69, 9.17) is 5.11 Å². The quantitative estimate of drug-likeness (QED) is 0.802. The molecule has 0 atom stereocenters. The Hall–Kier alpha value is -2.03. The van der Waals surface area contributed by atoms with Crippen molar-refractivity contribution in [3.05, 3.63) is 41.1 Å². The first-order valence-electron chi connectivity index (χ1n) is 6.33. The summed E-state index contributed by atoms with van der Waals surface area (Å²) in [6.07, 6.45) is 2.84. The molecule has 1 heterocycles. The second kappa shape index (κ2) is 4.57. The SMILES string of the molecule is Cc1[nH]c2ccc(C(C)(C)C)cc2c1/C=C/C(=O)O. The van der Waals surface area contributed by atoms with Gasteiger partial charge >= 0.3 is 5.97 Å². The van der Waals surface area contributed by atoms with Gasteiger partial charge in [-0.25, -0.2) is 4.79 Å². The molecule has 0 saturated carbocycles. The zero-order valence-electron chi connectivity index (χ0n) is 11.7. The van der Waals surface area contributed by atoms with Gasteiger partial charge in [0.25, 0.3) is 0 Å². The van der Waals surface area contributed by atoms with Crippen molar-refractivity contribution in [2.24, 2.45) is 0 Å². The number of hydrogen-bond acceptors (Lipinski definition) is 1. The number of aromatic nitrogens is 1.